The molecular weight excluding hydrogens is 415 g/mol. The monoisotopic (exact) mass is 434 g/mol. The van der Waals surface area contributed by atoms with Crippen LogP contribution in [0.5, 0.6) is 0 Å². The summed E-state index contributed by atoms with van der Waals surface area (Å²) in [5.41, 5.74) is 5.94. The average molecular weight is 435 g/mol. The zero-order valence-corrected chi connectivity index (χ0v) is 18.2. The van der Waals surface area contributed by atoms with Crippen LogP contribution in [-0.4, -0.2) is 15.6 Å². The van der Waals surface area contributed by atoms with Crippen LogP contribution in [0.2, 0.25) is 10.0 Å². The van der Waals surface area contributed by atoms with Gasteiger partial charge in [0.25, 0.3) is 0 Å². The number of benzene rings is 3. The maximum absolute atomic E-state index is 13.1. The zero-order valence-electron chi connectivity index (χ0n) is 16.7. The molecule has 1 aromatic heterocycles. The number of hydrogen-bond donors (Lipinski definition) is 0. The molecule has 3 aromatic carbocycles. The number of aromatic nitrogens is 2. The Bertz CT molecular complexity index is 1210. The first-order valence-corrected chi connectivity index (χ1v) is 10.4. The van der Waals surface area contributed by atoms with Gasteiger partial charge in [-0.2, -0.15) is 5.10 Å². The normalized spacial score (nSPS) is 10.9. The number of carbonyl (C=O) groups excluding carboxylic acids is 1. The minimum atomic E-state index is -0.0146. The molecule has 4 rings (SSSR count). The summed E-state index contributed by atoms with van der Waals surface area (Å²) in [6.45, 7) is 3.92. The third-order valence-corrected chi connectivity index (χ3v) is 5.59. The molecule has 0 radical (unpaired) electrons. The molecule has 0 unspecified atom stereocenters. The van der Waals surface area contributed by atoms with Crippen LogP contribution in [0.1, 0.15) is 27.2 Å². The molecule has 0 amide bonds. The van der Waals surface area contributed by atoms with Crippen molar-refractivity contribution in [1.82, 2.24) is 9.78 Å². The van der Waals surface area contributed by atoms with Crippen LogP contribution in [0, 0.1) is 13.8 Å². The number of rotatable bonds is 5. The minimum Gasteiger partial charge on any atom is -0.292 e. The summed E-state index contributed by atoms with van der Waals surface area (Å²) in [5, 5.41) is 6.08. The molecule has 0 N–H and O–H groups in total. The summed E-state index contributed by atoms with van der Waals surface area (Å²) in [6.07, 6.45) is 0.304. The van der Waals surface area contributed by atoms with Crippen molar-refractivity contribution in [2.75, 3.05) is 0 Å². The van der Waals surface area contributed by atoms with Gasteiger partial charge >= 0.3 is 0 Å². The zero-order chi connectivity index (χ0) is 21.3. The summed E-state index contributed by atoms with van der Waals surface area (Å²) >= 11 is 12.3. The number of nitrogens with zero attached hydrogens (tertiary/aromatic N) is 2. The van der Waals surface area contributed by atoms with E-state index in [2.05, 4.69) is 0 Å². The van der Waals surface area contributed by atoms with Crippen molar-refractivity contribution < 1.29 is 4.79 Å². The molecule has 30 heavy (non-hydrogen) atoms. The predicted molar refractivity (Wildman–Crippen MR) is 123 cm³/mol. The van der Waals surface area contributed by atoms with Crippen LogP contribution < -0.4 is 0 Å². The van der Waals surface area contributed by atoms with E-state index in [0.717, 1.165) is 33.6 Å². The van der Waals surface area contributed by atoms with Crippen molar-refractivity contribution in [3.8, 4) is 16.9 Å². The first-order chi connectivity index (χ1) is 14.4. The third kappa shape index (κ3) is 4.04. The second kappa shape index (κ2) is 8.47. The van der Waals surface area contributed by atoms with Gasteiger partial charge in [-0.3, -0.25) is 4.79 Å². The molecule has 4 aromatic rings. The van der Waals surface area contributed by atoms with Crippen LogP contribution in [0.15, 0.2) is 72.8 Å². The second-order valence-electron chi connectivity index (χ2n) is 7.26. The number of aryl methyl sites for hydroxylation is 1. The maximum atomic E-state index is 13.1. The average Bonchev–Trinajstić information content (AvgIpc) is 3.06. The molecule has 0 aliphatic carbocycles. The van der Waals surface area contributed by atoms with Gasteiger partial charge in [0.05, 0.1) is 11.4 Å². The van der Waals surface area contributed by atoms with Gasteiger partial charge in [0.15, 0.2) is 5.78 Å². The van der Waals surface area contributed by atoms with E-state index in [1.54, 1.807) is 0 Å². The molecule has 5 heteroatoms. The molecule has 150 valence electrons. The lowest BCUT2D eigenvalue weighted by Gasteiger charge is -2.12. The van der Waals surface area contributed by atoms with Gasteiger partial charge in [-0.1, -0.05) is 65.7 Å². The standard InChI is InChI=1S/C25H20Cl2N2O/c1-16-14-21(27)12-13-22(16)29-25(19-8-10-20(26)11-9-19)17(2)24(28-29)23(30)15-18-6-4-3-5-7-18/h3-14H,15H2,1-2H3. The minimum absolute atomic E-state index is 0.0146. The van der Waals surface area contributed by atoms with Gasteiger partial charge < -0.3 is 0 Å². The molecule has 0 spiro atoms. The van der Waals surface area contributed by atoms with Crippen molar-refractivity contribution in [1.29, 1.82) is 0 Å². The van der Waals surface area contributed by atoms with E-state index in [-0.39, 0.29) is 5.78 Å². The lowest BCUT2D eigenvalue weighted by molar-refractivity contribution is 0.0987. The van der Waals surface area contributed by atoms with Gasteiger partial charge in [-0.05, 0) is 55.3 Å². The molecule has 3 nitrogen and oxygen atoms in total. The Morgan fingerprint density at radius 2 is 1.57 bits per heavy atom. The van der Waals surface area contributed by atoms with Gasteiger partial charge in [-0.25, -0.2) is 4.68 Å². The Morgan fingerprint density at radius 3 is 2.23 bits per heavy atom. The van der Waals surface area contributed by atoms with Crippen molar-refractivity contribution in [2.24, 2.45) is 0 Å². The first-order valence-electron chi connectivity index (χ1n) is 9.63. The molecule has 0 aliphatic rings. The lowest BCUT2D eigenvalue weighted by Crippen LogP contribution is -2.07. The maximum Gasteiger partial charge on any atom is 0.187 e. The van der Waals surface area contributed by atoms with Crippen LogP contribution in [0.3, 0.4) is 0 Å². The second-order valence-corrected chi connectivity index (χ2v) is 8.13. The topological polar surface area (TPSA) is 34.9 Å². The molecule has 0 aliphatic heterocycles. The van der Waals surface area contributed by atoms with Gasteiger partial charge in [0, 0.05) is 27.6 Å². The van der Waals surface area contributed by atoms with Gasteiger partial charge in [-0.15, -0.1) is 0 Å². The van der Waals surface area contributed by atoms with Crippen molar-refractivity contribution >= 4 is 29.0 Å². The number of halogens is 2. The molecule has 0 saturated carbocycles. The van der Waals surface area contributed by atoms with Crippen LogP contribution >= 0.6 is 23.2 Å². The fraction of sp³-hybridized carbons (Fsp3) is 0.120. The number of carbonyl (C=O) groups is 1. The highest BCUT2D eigenvalue weighted by Gasteiger charge is 2.23. The smallest absolute Gasteiger partial charge is 0.187 e. The largest absolute Gasteiger partial charge is 0.292 e. The van der Waals surface area contributed by atoms with Crippen LogP contribution in [0.25, 0.3) is 16.9 Å². The molecule has 1 heterocycles. The Hall–Kier alpha value is -2.88. The van der Waals surface area contributed by atoms with E-state index in [0.29, 0.717) is 22.2 Å². The van der Waals surface area contributed by atoms with Crippen LogP contribution in [-0.2, 0) is 6.42 Å². The Kier molecular flexibility index (Phi) is 5.76. The fourth-order valence-corrected chi connectivity index (χ4v) is 3.96. The Morgan fingerprint density at radius 1 is 0.900 bits per heavy atom. The van der Waals surface area contributed by atoms with Gasteiger partial charge in [0.2, 0.25) is 0 Å². The third-order valence-electron chi connectivity index (χ3n) is 5.10. The molecule has 0 fully saturated rings. The molecule has 0 saturated heterocycles. The SMILES string of the molecule is Cc1cc(Cl)ccc1-n1nc(C(=O)Cc2ccccc2)c(C)c1-c1ccc(Cl)cc1. The summed E-state index contributed by atoms with van der Waals surface area (Å²) in [7, 11) is 0. The van der Waals surface area contributed by atoms with Crippen molar-refractivity contribution in [3.05, 3.63) is 105 Å². The van der Waals surface area contributed by atoms with Crippen LogP contribution in [0.4, 0.5) is 0 Å². The lowest BCUT2D eigenvalue weighted by atomic mass is 10.0. The number of hydrogen-bond acceptors (Lipinski definition) is 2. The number of Topliss-reactive ketones (excluding diaryl/α,β-unsaturated/α-hetero) is 1. The van der Waals surface area contributed by atoms with E-state index in [9.17, 15) is 4.79 Å². The van der Waals surface area contributed by atoms with Crippen molar-refractivity contribution in [2.45, 2.75) is 20.3 Å². The Labute approximate surface area is 185 Å². The summed E-state index contributed by atoms with van der Waals surface area (Å²) in [4.78, 5) is 13.1. The molecule has 0 bridgehead atoms. The highest BCUT2D eigenvalue weighted by molar-refractivity contribution is 6.31. The highest BCUT2D eigenvalue weighted by atomic mass is 35.5. The van der Waals surface area contributed by atoms with E-state index in [1.807, 2.05) is 91.3 Å². The van der Waals surface area contributed by atoms with E-state index < -0.39 is 0 Å². The van der Waals surface area contributed by atoms with E-state index in [4.69, 9.17) is 28.3 Å². The summed E-state index contributed by atoms with van der Waals surface area (Å²) in [6, 6.07) is 22.9. The number of ketones is 1. The first kappa shape index (κ1) is 20.4. The molecular formula is C25H20Cl2N2O. The summed E-state index contributed by atoms with van der Waals surface area (Å²) in [5.74, 6) is -0.0146. The Balaban J connectivity index is 1.86. The van der Waals surface area contributed by atoms with Crippen molar-refractivity contribution in [3.63, 3.8) is 0 Å². The van der Waals surface area contributed by atoms with E-state index >= 15 is 0 Å². The molecule has 0 atom stereocenters. The van der Waals surface area contributed by atoms with E-state index in [1.165, 1.54) is 0 Å². The highest BCUT2D eigenvalue weighted by Crippen LogP contribution is 2.32. The quantitative estimate of drug-likeness (QED) is 0.320. The van der Waals surface area contributed by atoms with Gasteiger partial charge in [0.1, 0.15) is 5.69 Å². The fourth-order valence-electron chi connectivity index (χ4n) is 3.60. The predicted octanol–water partition coefficient (Wildman–Crippen LogP) is 6.89. The summed E-state index contributed by atoms with van der Waals surface area (Å²) < 4.78 is 1.84.